The molecule has 35 heavy (non-hydrogen) atoms. The van der Waals surface area contributed by atoms with Crippen molar-refractivity contribution in [2.45, 2.75) is 50.0 Å². The van der Waals surface area contributed by atoms with Crippen LogP contribution < -0.4 is 10.4 Å². The Kier molecular flexibility index (Phi) is 7.04. The van der Waals surface area contributed by atoms with Gasteiger partial charge in [-0.3, -0.25) is 4.57 Å². The fourth-order valence-electron chi connectivity index (χ4n) is 4.23. The summed E-state index contributed by atoms with van der Waals surface area (Å²) in [6.45, 7) is 3.08. The van der Waals surface area contributed by atoms with Gasteiger partial charge in [0.15, 0.2) is 0 Å². The summed E-state index contributed by atoms with van der Waals surface area (Å²) in [4.78, 5) is 12.8. The molecule has 0 amide bonds. The smallest absolute Gasteiger partial charge is 0.406 e. The first-order valence-electron chi connectivity index (χ1n) is 11.2. The molecule has 0 radical (unpaired) electrons. The van der Waals surface area contributed by atoms with Crippen molar-refractivity contribution in [3.05, 3.63) is 76.5 Å². The lowest BCUT2D eigenvalue weighted by Crippen LogP contribution is -2.38. The molecule has 0 atom stereocenters. The van der Waals surface area contributed by atoms with Crippen molar-refractivity contribution in [1.82, 2.24) is 18.7 Å². The number of halogens is 3. The highest BCUT2D eigenvalue weighted by Gasteiger charge is 2.34. The molecule has 1 aromatic heterocycles. The van der Waals surface area contributed by atoms with Crippen LogP contribution in [0.25, 0.3) is 0 Å². The third-order valence-electron chi connectivity index (χ3n) is 5.96. The van der Waals surface area contributed by atoms with Gasteiger partial charge in [0.25, 0.3) is 0 Å². The largest absolute Gasteiger partial charge is 0.573 e. The minimum Gasteiger partial charge on any atom is -0.406 e. The highest BCUT2D eigenvalue weighted by atomic mass is 32.2. The first-order valence-corrected chi connectivity index (χ1v) is 12.6. The third-order valence-corrected chi connectivity index (χ3v) is 7.87. The van der Waals surface area contributed by atoms with Crippen LogP contribution in [-0.4, -0.2) is 46.5 Å². The Labute approximate surface area is 200 Å². The Balaban J connectivity index is 1.46. The van der Waals surface area contributed by atoms with Crippen LogP contribution in [0.4, 0.5) is 13.2 Å². The standard InChI is InChI=1S/C23H25F3N4O4S/c1-2-29-21(27-30(22(29)31)16-17-6-4-3-5-7-17)18-12-14-28(15-13-18)35(32,33)20-10-8-19(9-11-20)34-23(24,25)26/h3-11,18H,2,12-16H2,1H3. The van der Waals surface area contributed by atoms with E-state index in [2.05, 4.69) is 9.84 Å². The number of nitrogens with zero attached hydrogens (tertiary/aromatic N) is 4. The molecule has 0 bridgehead atoms. The summed E-state index contributed by atoms with van der Waals surface area (Å²) in [6.07, 6.45) is -3.91. The van der Waals surface area contributed by atoms with E-state index in [1.54, 1.807) is 4.57 Å². The van der Waals surface area contributed by atoms with E-state index in [0.29, 0.717) is 31.8 Å². The monoisotopic (exact) mass is 510 g/mol. The zero-order valence-corrected chi connectivity index (χ0v) is 19.8. The van der Waals surface area contributed by atoms with E-state index in [1.165, 1.54) is 8.99 Å². The maximum absolute atomic E-state index is 13.0. The van der Waals surface area contributed by atoms with Crippen molar-refractivity contribution in [2.75, 3.05) is 13.1 Å². The van der Waals surface area contributed by atoms with Gasteiger partial charge in [-0.25, -0.2) is 17.9 Å². The molecule has 0 N–H and O–H groups in total. The van der Waals surface area contributed by atoms with Crippen LogP contribution in [0.3, 0.4) is 0 Å². The molecule has 3 aromatic rings. The summed E-state index contributed by atoms with van der Waals surface area (Å²) in [5.74, 6) is 0.0617. The molecule has 188 valence electrons. The molecule has 1 fully saturated rings. The van der Waals surface area contributed by atoms with Gasteiger partial charge in [0.1, 0.15) is 11.6 Å². The summed E-state index contributed by atoms with van der Waals surface area (Å²) >= 11 is 0. The normalized spacial score (nSPS) is 15.9. The van der Waals surface area contributed by atoms with Crippen molar-refractivity contribution in [3.8, 4) is 5.75 Å². The lowest BCUT2D eigenvalue weighted by molar-refractivity contribution is -0.274. The number of piperidine rings is 1. The van der Waals surface area contributed by atoms with E-state index in [1.807, 2.05) is 37.3 Å². The number of alkyl halides is 3. The zero-order chi connectivity index (χ0) is 25.2. The topological polar surface area (TPSA) is 86.4 Å². The number of ether oxygens (including phenoxy) is 1. The predicted molar refractivity (Wildman–Crippen MR) is 122 cm³/mol. The van der Waals surface area contributed by atoms with Gasteiger partial charge in [-0.15, -0.1) is 13.2 Å². The van der Waals surface area contributed by atoms with Crippen molar-refractivity contribution in [2.24, 2.45) is 0 Å². The first-order chi connectivity index (χ1) is 16.6. The lowest BCUT2D eigenvalue weighted by Gasteiger charge is -2.30. The molecule has 8 nitrogen and oxygen atoms in total. The molecule has 4 rings (SSSR count). The van der Waals surface area contributed by atoms with Crippen LogP contribution in [-0.2, 0) is 23.1 Å². The second-order valence-corrected chi connectivity index (χ2v) is 10.2. The molecule has 1 aliphatic rings. The average Bonchev–Trinajstić information content (AvgIpc) is 3.14. The zero-order valence-electron chi connectivity index (χ0n) is 19.0. The van der Waals surface area contributed by atoms with Crippen LogP contribution in [0.15, 0.2) is 64.3 Å². The van der Waals surface area contributed by atoms with Gasteiger partial charge in [-0.05, 0) is 49.6 Å². The van der Waals surface area contributed by atoms with E-state index in [0.717, 1.165) is 29.8 Å². The summed E-state index contributed by atoms with van der Waals surface area (Å²) in [5.41, 5.74) is 0.747. The van der Waals surface area contributed by atoms with Crippen molar-refractivity contribution in [3.63, 3.8) is 0 Å². The Morgan fingerprint density at radius 3 is 2.23 bits per heavy atom. The molecule has 12 heteroatoms. The maximum atomic E-state index is 13.0. The van der Waals surface area contributed by atoms with Gasteiger partial charge in [0, 0.05) is 25.6 Å². The summed E-state index contributed by atoms with van der Waals surface area (Å²) in [6, 6.07) is 13.7. The SMILES string of the molecule is CCn1c(C2CCN(S(=O)(=O)c3ccc(OC(F)(F)F)cc3)CC2)nn(Cc2ccccc2)c1=O. The van der Waals surface area contributed by atoms with E-state index in [9.17, 15) is 26.4 Å². The van der Waals surface area contributed by atoms with Crippen LogP contribution >= 0.6 is 0 Å². The van der Waals surface area contributed by atoms with E-state index >= 15 is 0 Å². The number of aromatic nitrogens is 3. The molecular weight excluding hydrogens is 485 g/mol. The van der Waals surface area contributed by atoms with Crippen molar-refractivity contribution in [1.29, 1.82) is 0 Å². The number of hydrogen-bond acceptors (Lipinski definition) is 5. The highest BCUT2D eigenvalue weighted by Crippen LogP contribution is 2.31. The van der Waals surface area contributed by atoms with E-state index in [-0.39, 0.29) is 29.6 Å². The molecule has 0 spiro atoms. The second-order valence-electron chi connectivity index (χ2n) is 8.23. The van der Waals surface area contributed by atoms with Gasteiger partial charge in [0.2, 0.25) is 10.0 Å². The fraction of sp³-hybridized carbons (Fsp3) is 0.391. The Morgan fingerprint density at radius 2 is 1.66 bits per heavy atom. The van der Waals surface area contributed by atoms with Gasteiger partial charge in [0.05, 0.1) is 11.4 Å². The Morgan fingerprint density at radius 1 is 1.03 bits per heavy atom. The summed E-state index contributed by atoms with van der Waals surface area (Å²) in [5, 5.41) is 4.58. The van der Waals surface area contributed by atoms with Crippen molar-refractivity contribution >= 4 is 10.0 Å². The van der Waals surface area contributed by atoms with Crippen LogP contribution in [0, 0.1) is 0 Å². The molecule has 2 heterocycles. The number of rotatable bonds is 7. The molecule has 0 unspecified atom stereocenters. The highest BCUT2D eigenvalue weighted by molar-refractivity contribution is 7.89. The molecule has 0 aliphatic carbocycles. The van der Waals surface area contributed by atoms with Gasteiger partial charge >= 0.3 is 12.1 Å². The number of hydrogen-bond donors (Lipinski definition) is 0. The Bertz CT molecular complexity index is 1310. The summed E-state index contributed by atoms with van der Waals surface area (Å²) < 4.78 is 71.2. The minimum absolute atomic E-state index is 0.0892. The van der Waals surface area contributed by atoms with Gasteiger partial charge in [-0.2, -0.15) is 9.40 Å². The first kappa shape index (κ1) is 25.0. The molecule has 1 saturated heterocycles. The van der Waals surface area contributed by atoms with Gasteiger partial charge in [-0.1, -0.05) is 30.3 Å². The Hall–Kier alpha value is -3.12. The molecule has 1 aliphatic heterocycles. The van der Waals surface area contributed by atoms with Gasteiger partial charge < -0.3 is 4.74 Å². The second kappa shape index (κ2) is 9.86. The quantitative estimate of drug-likeness (QED) is 0.485. The summed E-state index contributed by atoms with van der Waals surface area (Å²) in [7, 11) is -3.89. The lowest BCUT2D eigenvalue weighted by atomic mass is 9.97. The minimum atomic E-state index is -4.85. The third kappa shape index (κ3) is 5.59. The van der Waals surface area contributed by atoms with E-state index < -0.39 is 22.1 Å². The molecule has 2 aromatic carbocycles. The number of benzene rings is 2. The van der Waals surface area contributed by atoms with Crippen LogP contribution in [0.5, 0.6) is 5.75 Å². The maximum Gasteiger partial charge on any atom is 0.573 e. The van der Waals surface area contributed by atoms with Crippen molar-refractivity contribution < 1.29 is 26.3 Å². The molecular formula is C23H25F3N4O4S. The average molecular weight is 511 g/mol. The van der Waals surface area contributed by atoms with E-state index in [4.69, 9.17) is 0 Å². The molecule has 0 saturated carbocycles. The fourth-order valence-corrected chi connectivity index (χ4v) is 5.70. The number of sulfonamides is 1. The van der Waals surface area contributed by atoms with Crippen LogP contribution in [0.2, 0.25) is 0 Å². The van der Waals surface area contributed by atoms with Crippen LogP contribution in [0.1, 0.15) is 37.1 Å². The predicted octanol–water partition coefficient (Wildman–Crippen LogP) is 3.58.